The minimum Gasteiger partial charge on any atom is -0.390 e. The van der Waals surface area contributed by atoms with Crippen molar-refractivity contribution in [2.24, 2.45) is 5.73 Å². The molecule has 3 aromatic rings. The van der Waals surface area contributed by atoms with E-state index < -0.39 is 24.0 Å². The van der Waals surface area contributed by atoms with Crippen molar-refractivity contribution in [3.8, 4) is 0 Å². The van der Waals surface area contributed by atoms with E-state index >= 15 is 0 Å². The lowest BCUT2D eigenvalue weighted by atomic mass is 10.0. The van der Waals surface area contributed by atoms with Crippen LogP contribution in [0.5, 0.6) is 0 Å². The van der Waals surface area contributed by atoms with Gasteiger partial charge in [-0.25, -0.2) is 0 Å². The summed E-state index contributed by atoms with van der Waals surface area (Å²) in [5.74, 6) is -1.47. The van der Waals surface area contributed by atoms with Crippen LogP contribution in [0.2, 0.25) is 0 Å². The van der Waals surface area contributed by atoms with Gasteiger partial charge in [-0.1, -0.05) is 44.2 Å². The number of aliphatic hydroxyl groups is 1. The van der Waals surface area contributed by atoms with Gasteiger partial charge in [0, 0.05) is 42.9 Å². The van der Waals surface area contributed by atoms with Gasteiger partial charge in [-0.15, -0.1) is 0 Å². The first-order valence-corrected chi connectivity index (χ1v) is 14.2. The van der Waals surface area contributed by atoms with Crippen LogP contribution in [0.25, 0.3) is 0 Å². The molecule has 3 rings (SSSR count). The third-order valence-electron chi connectivity index (χ3n) is 6.34. The summed E-state index contributed by atoms with van der Waals surface area (Å²) in [6.07, 6.45) is 1.11. The molecule has 9 heteroatoms. The summed E-state index contributed by atoms with van der Waals surface area (Å²) in [5, 5.41) is 21.2. The lowest BCUT2D eigenvalue weighted by Gasteiger charge is -2.25. The third-order valence-corrected chi connectivity index (χ3v) is 7.08. The number of hydrogen-bond donors (Lipinski definition) is 4. The highest BCUT2D eigenvalue weighted by Crippen LogP contribution is 2.16. The van der Waals surface area contributed by atoms with Gasteiger partial charge in [-0.2, -0.15) is 11.3 Å². The van der Waals surface area contributed by atoms with Crippen LogP contribution >= 0.6 is 11.3 Å². The van der Waals surface area contributed by atoms with Gasteiger partial charge in [-0.05, 0) is 65.4 Å². The molecular formula is C30H38N4O4S. The molecule has 0 saturated carbocycles. The van der Waals surface area contributed by atoms with Crippen LogP contribution in [0.3, 0.4) is 0 Å². The van der Waals surface area contributed by atoms with E-state index in [0.29, 0.717) is 26.1 Å². The van der Waals surface area contributed by atoms with Crippen LogP contribution in [-0.2, 0) is 13.0 Å². The van der Waals surface area contributed by atoms with E-state index in [1.165, 1.54) is 18.2 Å². The predicted octanol–water partition coefficient (Wildman–Crippen LogP) is 3.60. The number of primary amides is 1. The molecule has 39 heavy (non-hydrogen) atoms. The molecule has 8 nitrogen and oxygen atoms in total. The Morgan fingerprint density at radius 2 is 1.62 bits per heavy atom. The first kappa shape index (κ1) is 30.0. The summed E-state index contributed by atoms with van der Waals surface area (Å²) in [4.78, 5) is 40.5. The minimum absolute atomic E-state index is 0.0819. The number of rotatable bonds is 15. The molecule has 2 aromatic carbocycles. The van der Waals surface area contributed by atoms with Gasteiger partial charge in [0.1, 0.15) is 0 Å². The smallest absolute Gasteiger partial charge is 0.253 e. The molecule has 0 radical (unpaired) electrons. The zero-order valence-electron chi connectivity index (χ0n) is 22.6. The van der Waals surface area contributed by atoms with Gasteiger partial charge >= 0.3 is 0 Å². The van der Waals surface area contributed by atoms with E-state index in [-0.39, 0.29) is 29.1 Å². The minimum atomic E-state index is -0.886. The molecule has 0 aliphatic heterocycles. The number of nitrogens with two attached hydrogens (primary N) is 1. The van der Waals surface area contributed by atoms with Gasteiger partial charge in [0.2, 0.25) is 5.91 Å². The normalized spacial score (nSPS) is 12.5. The summed E-state index contributed by atoms with van der Waals surface area (Å²) in [6.45, 7) is 5.96. The topological polar surface area (TPSA) is 125 Å². The number of benzene rings is 2. The lowest BCUT2D eigenvalue weighted by Crippen LogP contribution is -2.48. The first-order chi connectivity index (χ1) is 18.8. The maximum Gasteiger partial charge on any atom is 0.253 e. The fraction of sp³-hybridized carbons (Fsp3) is 0.367. The van der Waals surface area contributed by atoms with Gasteiger partial charge in [-0.3, -0.25) is 14.4 Å². The molecular weight excluding hydrogens is 512 g/mol. The highest BCUT2D eigenvalue weighted by Gasteiger charge is 2.24. The Morgan fingerprint density at radius 3 is 2.23 bits per heavy atom. The highest BCUT2D eigenvalue weighted by molar-refractivity contribution is 7.07. The fourth-order valence-corrected chi connectivity index (χ4v) is 5.04. The van der Waals surface area contributed by atoms with E-state index in [0.717, 1.165) is 24.0 Å². The maximum absolute atomic E-state index is 13.4. The van der Waals surface area contributed by atoms with Crippen molar-refractivity contribution in [1.29, 1.82) is 0 Å². The standard InChI is InChI=1S/C30H38N4O4S/c1-3-11-34(12-4-2)30(38)25-16-23(28(31)36)15-24(17-25)29(37)33-26(14-22-10-13-39-20-22)27(35)19-32-18-21-8-6-5-7-9-21/h5-10,13,15-17,20,26-27,32,35H,3-4,11-12,14,18-19H2,1-2H3,(H2,31,36)(H,33,37)/t26-,27+/m0/s1. The van der Waals surface area contributed by atoms with Crippen LogP contribution in [0.4, 0.5) is 0 Å². The number of amides is 3. The van der Waals surface area contributed by atoms with E-state index in [4.69, 9.17) is 5.73 Å². The molecule has 0 bridgehead atoms. The fourth-order valence-electron chi connectivity index (χ4n) is 4.36. The van der Waals surface area contributed by atoms with Crippen molar-refractivity contribution in [2.45, 2.75) is 51.8 Å². The summed E-state index contributed by atoms with van der Waals surface area (Å²) in [6, 6.07) is 15.5. The Hall–Kier alpha value is -3.53. The monoisotopic (exact) mass is 550 g/mol. The molecule has 2 atom stereocenters. The van der Waals surface area contributed by atoms with E-state index in [1.54, 1.807) is 16.2 Å². The Labute approximate surface area is 234 Å². The highest BCUT2D eigenvalue weighted by atomic mass is 32.1. The van der Waals surface area contributed by atoms with Crippen LogP contribution in [0.15, 0.2) is 65.4 Å². The molecule has 0 aliphatic carbocycles. The molecule has 1 aromatic heterocycles. The van der Waals surface area contributed by atoms with Crippen molar-refractivity contribution in [3.05, 3.63) is 93.2 Å². The zero-order chi connectivity index (χ0) is 28.2. The number of thiophene rings is 1. The number of nitrogens with zero attached hydrogens (tertiary/aromatic N) is 1. The summed E-state index contributed by atoms with van der Waals surface area (Å²) in [7, 11) is 0. The maximum atomic E-state index is 13.4. The third kappa shape index (κ3) is 9.02. The molecule has 0 unspecified atom stereocenters. The van der Waals surface area contributed by atoms with Gasteiger partial charge < -0.3 is 26.4 Å². The average Bonchev–Trinajstić information content (AvgIpc) is 3.45. The summed E-state index contributed by atoms with van der Waals surface area (Å²) < 4.78 is 0. The Morgan fingerprint density at radius 1 is 0.949 bits per heavy atom. The van der Waals surface area contributed by atoms with Crippen LogP contribution in [0.1, 0.15) is 68.9 Å². The molecule has 5 N–H and O–H groups in total. The lowest BCUT2D eigenvalue weighted by molar-refractivity contribution is 0.0755. The van der Waals surface area contributed by atoms with E-state index in [9.17, 15) is 19.5 Å². The van der Waals surface area contributed by atoms with Crippen molar-refractivity contribution in [1.82, 2.24) is 15.5 Å². The van der Waals surface area contributed by atoms with Crippen LogP contribution < -0.4 is 16.4 Å². The second kappa shape index (κ2) is 15.2. The Bertz CT molecular complexity index is 1210. The summed E-state index contributed by atoms with van der Waals surface area (Å²) in [5.41, 5.74) is 8.08. The van der Waals surface area contributed by atoms with Crippen molar-refractivity contribution < 1.29 is 19.5 Å². The predicted molar refractivity (Wildman–Crippen MR) is 155 cm³/mol. The van der Waals surface area contributed by atoms with Crippen molar-refractivity contribution >= 4 is 29.1 Å². The number of carbonyl (C=O) groups excluding carboxylic acids is 3. The largest absolute Gasteiger partial charge is 0.390 e. The van der Waals surface area contributed by atoms with Gasteiger partial charge in [0.15, 0.2) is 0 Å². The molecule has 0 aliphatic rings. The second-order valence-electron chi connectivity index (χ2n) is 9.56. The van der Waals surface area contributed by atoms with Crippen molar-refractivity contribution in [3.63, 3.8) is 0 Å². The van der Waals surface area contributed by atoms with E-state index in [1.807, 2.05) is 61.0 Å². The van der Waals surface area contributed by atoms with Gasteiger partial charge in [0.25, 0.3) is 11.8 Å². The SMILES string of the molecule is CCCN(CCC)C(=O)c1cc(C(N)=O)cc(C(=O)N[C@@H](Cc2ccsc2)[C@H](O)CNCc2ccccc2)c1. The zero-order valence-corrected chi connectivity index (χ0v) is 23.4. The van der Waals surface area contributed by atoms with E-state index in [2.05, 4.69) is 10.6 Å². The average molecular weight is 551 g/mol. The number of nitrogens with one attached hydrogen (secondary N) is 2. The van der Waals surface area contributed by atoms with Crippen LogP contribution in [-0.4, -0.2) is 59.5 Å². The van der Waals surface area contributed by atoms with Crippen molar-refractivity contribution in [2.75, 3.05) is 19.6 Å². The number of hydrogen-bond acceptors (Lipinski definition) is 6. The second-order valence-corrected chi connectivity index (χ2v) is 10.3. The van der Waals surface area contributed by atoms with Gasteiger partial charge in [0.05, 0.1) is 12.1 Å². The first-order valence-electron chi connectivity index (χ1n) is 13.3. The molecule has 208 valence electrons. The Kier molecular flexibility index (Phi) is 11.7. The molecule has 0 fully saturated rings. The molecule has 1 heterocycles. The molecule has 0 spiro atoms. The summed E-state index contributed by atoms with van der Waals surface area (Å²) >= 11 is 1.54. The quantitative estimate of drug-likeness (QED) is 0.230. The molecule has 0 saturated heterocycles. The molecule has 3 amide bonds. The number of carbonyl (C=O) groups is 3. The Balaban J connectivity index is 1.80. The van der Waals surface area contributed by atoms with Crippen LogP contribution in [0, 0.1) is 0 Å². The number of aliphatic hydroxyl groups excluding tert-OH is 1.